The molecule has 0 aliphatic carbocycles. The molecule has 0 saturated heterocycles. The van der Waals surface area contributed by atoms with Crippen molar-refractivity contribution in [2.24, 2.45) is 4.99 Å². The maximum Gasteiger partial charge on any atom is 0.319 e. The highest BCUT2D eigenvalue weighted by Crippen LogP contribution is 2.13. The second-order valence-corrected chi connectivity index (χ2v) is 7.50. The van der Waals surface area contributed by atoms with Gasteiger partial charge in [-0.3, -0.25) is 4.99 Å². The molecule has 0 bridgehead atoms. The van der Waals surface area contributed by atoms with Crippen LogP contribution >= 0.6 is 35.3 Å². The molecule has 154 valence electrons. The van der Waals surface area contributed by atoms with Gasteiger partial charge in [-0.25, -0.2) is 9.78 Å². The fraction of sp³-hybridized carbons (Fsp3) is 0.421. The van der Waals surface area contributed by atoms with Crippen LogP contribution in [0, 0.1) is 0 Å². The minimum atomic E-state index is -0.200. The minimum absolute atomic E-state index is 0. The van der Waals surface area contributed by atoms with Gasteiger partial charge in [-0.2, -0.15) is 0 Å². The molecule has 0 fully saturated rings. The standard InChI is InChI=1S/C19H28N6OS.HI/c1-5-16-11-21-17(27-16)12-23-18(20-4)22-10-14-6-8-15(9-7-14)25-19(26)24-13(2)3;/h6-9,11,13H,5,10,12H2,1-4H3,(H2,20,22,23)(H2,24,25,26);1H. The molecule has 0 atom stereocenters. The number of rotatable bonds is 7. The van der Waals surface area contributed by atoms with Crippen LogP contribution < -0.4 is 21.3 Å². The van der Waals surface area contributed by atoms with E-state index in [4.69, 9.17) is 0 Å². The Hall–Kier alpha value is -1.88. The molecular formula is C19H29IN6OS. The monoisotopic (exact) mass is 516 g/mol. The quantitative estimate of drug-likeness (QED) is 0.257. The highest BCUT2D eigenvalue weighted by molar-refractivity contribution is 14.0. The number of amides is 2. The number of aromatic nitrogens is 1. The van der Waals surface area contributed by atoms with Gasteiger partial charge in [0, 0.05) is 36.4 Å². The third-order valence-corrected chi connectivity index (χ3v) is 4.81. The number of nitrogens with zero attached hydrogens (tertiary/aromatic N) is 2. The number of anilines is 1. The number of thiazole rings is 1. The molecule has 0 saturated carbocycles. The summed E-state index contributed by atoms with van der Waals surface area (Å²) in [5.74, 6) is 0.724. The van der Waals surface area contributed by atoms with E-state index in [1.165, 1.54) is 4.88 Å². The van der Waals surface area contributed by atoms with Crippen LogP contribution in [0.1, 0.15) is 36.2 Å². The summed E-state index contributed by atoms with van der Waals surface area (Å²) in [6.07, 6.45) is 2.93. The molecule has 28 heavy (non-hydrogen) atoms. The summed E-state index contributed by atoms with van der Waals surface area (Å²) in [6, 6.07) is 7.61. The number of hydrogen-bond donors (Lipinski definition) is 4. The van der Waals surface area contributed by atoms with Crippen molar-refractivity contribution < 1.29 is 4.79 Å². The summed E-state index contributed by atoms with van der Waals surface area (Å²) in [6.45, 7) is 7.26. The van der Waals surface area contributed by atoms with E-state index in [9.17, 15) is 4.79 Å². The first-order chi connectivity index (χ1) is 13.0. The van der Waals surface area contributed by atoms with Crippen LogP contribution in [0.25, 0.3) is 0 Å². The number of urea groups is 1. The number of carbonyl (C=O) groups excluding carboxylic acids is 1. The number of halogens is 1. The van der Waals surface area contributed by atoms with Gasteiger partial charge in [0.05, 0.1) is 6.54 Å². The van der Waals surface area contributed by atoms with E-state index in [-0.39, 0.29) is 36.0 Å². The molecule has 1 aromatic heterocycles. The Morgan fingerprint density at radius 3 is 2.43 bits per heavy atom. The van der Waals surface area contributed by atoms with Gasteiger partial charge in [-0.15, -0.1) is 35.3 Å². The van der Waals surface area contributed by atoms with E-state index in [0.717, 1.165) is 28.6 Å². The largest absolute Gasteiger partial charge is 0.352 e. The fourth-order valence-electron chi connectivity index (χ4n) is 2.29. The van der Waals surface area contributed by atoms with Crippen LogP contribution in [0.4, 0.5) is 10.5 Å². The van der Waals surface area contributed by atoms with Crippen molar-refractivity contribution in [3.05, 3.63) is 45.9 Å². The Labute approximate surface area is 187 Å². The maximum atomic E-state index is 11.7. The van der Waals surface area contributed by atoms with E-state index >= 15 is 0 Å². The van der Waals surface area contributed by atoms with Crippen molar-refractivity contribution in [1.82, 2.24) is 20.9 Å². The number of hydrogen-bond acceptors (Lipinski definition) is 4. The molecule has 4 N–H and O–H groups in total. The molecule has 0 aliphatic heterocycles. The van der Waals surface area contributed by atoms with Gasteiger partial charge < -0.3 is 21.3 Å². The topological polar surface area (TPSA) is 90.4 Å². The molecule has 2 rings (SSSR count). The Balaban J connectivity index is 0.00000392. The van der Waals surface area contributed by atoms with Crippen LogP contribution in [0.15, 0.2) is 35.5 Å². The number of guanidine groups is 1. The summed E-state index contributed by atoms with van der Waals surface area (Å²) in [5, 5.41) is 13.2. The molecule has 0 aliphatic rings. The third-order valence-electron chi connectivity index (χ3n) is 3.67. The summed E-state index contributed by atoms with van der Waals surface area (Å²) >= 11 is 1.71. The predicted octanol–water partition coefficient (Wildman–Crippen LogP) is 3.72. The van der Waals surface area contributed by atoms with Crippen molar-refractivity contribution in [2.45, 2.75) is 46.3 Å². The van der Waals surface area contributed by atoms with Crippen LogP contribution in [0.2, 0.25) is 0 Å². The lowest BCUT2D eigenvalue weighted by Gasteiger charge is -2.12. The summed E-state index contributed by atoms with van der Waals surface area (Å²) in [4.78, 5) is 21.6. The molecule has 2 aromatic rings. The lowest BCUT2D eigenvalue weighted by atomic mass is 10.2. The summed E-state index contributed by atoms with van der Waals surface area (Å²) in [5.41, 5.74) is 1.85. The zero-order chi connectivity index (χ0) is 19.6. The van der Waals surface area contributed by atoms with Crippen LogP contribution in [0.3, 0.4) is 0 Å². The Morgan fingerprint density at radius 1 is 1.18 bits per heavy atom. The molecule has 1 aromatic carbocycles. The van der Waals surface area contributed by atoms with Gasteiger partial charge in [0.2, 0.25) is 0 Å². The molecule has 0 unspecified atom stereocenters. The SMILES string of the molecule is CCc1cnc(CNC(=NC)NCc2ccc(NC(=O)NC(C)C)cc2)s1.I. The maximum absolute atomic E-state index is 11.7. The lowest BCUT2D eigenvalue weighted by Crippen LogP contribution is -2.36. The Kier molecular flexibility index (Phi) is 10.8. The van der Waals surface area contributed by atoms with Crippen molar-refractivity contribution in [3.63, 3.8) is 0 Å². The average Bonchev–Trinajstić information content (AvgIpc) is 3.10. The highest BCUT2D eigenvalue weighted by Gasteiger charge is 2.05. The van der Waals surface area contributed by atoms with Crippen molar-refractivity contribution in [2.75, 3.05) is 12.4 Å². The van der Waals surface area contributed by atoms with Gasteiger partial charge in [0.25, 0.3) is 0 Å². The zero-order valence-electron chi connectivity index (χ0n) is 16.7. The van der Waals surface area contributed by atoms with Gasteiger partial charge >= 0.3 is 6.03 Å². The van der Waals surface area contributed by atoms with E-state index in [0.29, 0.717) is 13.1 Å². The van der Waals surface area contributed by atoms with Gasteiger partial charge in [-0.05, 0) is 38.0 Å². The summed E-state index contributed by atoms with van der Waals surface area (Å²) < 4.78 is 0. The molecule has 0 spiro atoms. The molecular weight excluding hydrogens is 487 g/mol. The second kappa shape index (κ2) is 12.6. The van der Waals surface area contributed by atoms with Crippen molar-refractivity contribution >= 4 is 53.0 Å². The molecule has 2 amide bonds. The first-order valence-corrected chi connectivity index (χ1v) is 9.86. The zero-order valence-corrected chi connectivity index (χ0v) is 19.9. The van der Waals surface area contributed by atoms with Crippen LogP contribution in [-0.2, 0) is 19.5 Å². The molecule has 1 heterocycles. The third kappa shape index (κ3) is 8.42. The van der Waals surface area contributed by atoms with E-state index in [2.05, 4.69) is 38.2 Å². The Bertz CT molecular complexity index is 760. The smallest absolute Gasteiger partial charge is 0.319 e. The average molecular weight is 516 g/mol. The molecule has 9 heteroatoms. The van der Waals surface area contributed by atoms with Crippen molar-refractivity contribution in [1.29, 1.82) is 0 Å². The summed E-state index contributed by atoms with van der Waals surface area (Å²) in [7, 11) is 1.75. The molecule has 0 radical (unpaired) electrons. The van der Waals surface area contributed by atoms with E-state index in [1.54, 1.807) is 18.4 Å². The predicted molar refractivity (Wildman–Crippen MR) is 128 cm³/mol. The second-order valence-electron chi connectivity index (χ2n) is 6.30. The minimum Gasteiger partial charge on any atom is -0.352 e. The Morgan fingerprint density at radius 2 is 1.86 bits per heavy atom. The van der Waals surface area contributed by atoms with Crippen LogP contribution in [-0.4, -0.2) is 30.1 Å². The number of benzene rings is 1. The number of carbonyl (C=O) groups is 1. The first-order valence-electron chi connectivity index (χ1n) is 9.04. The van der Waals surface area contributed by atoms with Gasteiger partial charge in [-0.1, -0.05) is 19.1 Å². The first kappa shape index (κ1) is 24.2. The normalized spacial score (nSPS) is 11.0. The number of aliphatic imine (C=N–C) groups is 1. The van der Waals surface area contributed by atoms with Crippen LogP contribution in [0.5, 0.6) is 0 Å². The van der Waals surface area contributed by atoms with E-state index in [1.807, 2.05) is 44.3 Å². The molecule has 7 nitrogen and oxygen atoms in total. The number of nitrogens with one attached hydrogen (secondary N) is 4. The highest BCUT2D eigenvalue weighted by atomic mass is 127. The van der Waals surface area contributed by atoms with E-state index < -0.39 is 0 Å². The lowest BCUT2D eigenvalue weighted by molar-refractivity contribution is 0.250. The van der Waals surface area contributed by atoms with Crippen molar-refractivity contribution in [3.8, 4) is 0 Å². The fourth-order valence-corrected chi connectivity index (χ4v) is 3.10. The van der Waals surface area contributed by atoms with Gasteiger partial charge in [0.15, 0.2) is 5.96 Å². The number of aryl methyl sites for hydroxylation is 1. The van der Waals surface area contributed by atoms with Gasteiger partial charge in [0.1, 0.15) is 5.01 Å².